The Morgan fingerprint density at radius 3 is 2.83 bits per heavy atom. The highest BCUT2D eigenvalue weighted by atomic mass is 19.1. The zero-order valence-electron chi connectivity index (χ0n) is 11.4. The molecule has 1 fully saturated rings. The summed E-state index contributed by atoms with van der Waals surface area (Å²) in [6.45, 7) is 5.08. The average Bonchev–Trinajstić information content (AvgIpc) is 2.33. The number of halogens is 1. The third kappa shape index (κ3) is 2.82. The summed E-state index contributed by atoms with van der Waals surface area (Å²) >= 11 is 0. The number of rotatable bonds is 3. The van der Waals surface area contributed by atoms with E-state index in [1.165, 1.54) is 6.07 Å². The fourth-order valence-corrected chi connectivity index (χ4v) is 2.68. The molecule has 1 aromatic rings. The van der Waals surface area contributed by atoms with Gasteiger partial charge in [-0.05, 0) is 39.2 Å². The summed E-state index contributed by atoms with van der Waals surface area (Å²) in [5.41, 5.74) is 0.983. The Balaban J connectivity index is 2.16. The van der Waals surface area contributed by atoms with Gasteiger partial charge in [0, 0.05) is 37.4 Å². The maximum absolute atomic E-state index is 13.3. The minimum Gasteiger partial charge on any atom is -0.366 e. The number of nitrogens with one attached hydrogen (secondary N) is 1. The monoisotopic (exact) mass is 251 g/mol. The van der Waals surface area contributed by atoms with Crippen molar-refractivity contribution in [1.29, 1.82) is 0 Å². The molecule has 3 nitrogen and oxygen atoms in total. The van der Waals surface area contributed by atoms with Crippen molar-refractivity contribution < 1.29 is 4.39 Å². The van der Waals surface area contributed by atoms with E-state index in [1.54, 1.807) is 12.1 Å². The van der Waals surface area contributed by atoms with Crippen LogP contribution in [0.25, 0.3) is 0 Å². The standard InChI is InChI=1S/C14H22FN3/c1-11-9-17(3)14(8-16-2)10-18(11)13-6-4-5-12(15)7-13/h4-7,11,14,16H,8-10H2,1-3H3. The summed E-state index contributed by atoms with van der Waals surface area (Å²) in [5.74, 6) is -0.163. The Labute approximate surface area is 109 Å². The molecule has 0 saturated carbocycles. The van der Waals surface area contributed by atoms with Gasteiger partial charge in [0.1, 0.15) is 5.82 Å². The molecular formula is C14H22FN3. The first-order valence-corrected chi connectivity index (χ1v) is 6.49. The fraction of sp³-hybridized carbons (Fsp3) is 0.571. The molecule has 0 radical (unpaired) electrons. The second-order valence-electron chi connectivity index (χ2n) is 5.13. The summed E-state index contributed by atoms with van der Waals surface area (Å²) in [7, 11) is 4.12. The quantitative estimate of drug-likeness (QED) is 0.879. The topological polar surface area (TPSA) is 18.5 Å². The molecule has 2 unspecified atom stereocenters. The Morgan fingerprint density at radius 1 is 1.39 bits per heavy atom. The van der Waals surface area contributed by atoms with Gasteiger partial charge in [0.2, 0.25) is 0 Å². The molecular weight excluding hydrogens is 229 g/mol. The number of hydrogen-bond donors (Lipinski definition) is 1. The largest absolute Gasteiger partial charge is 0.366 e. The van der Waals surface area contributed by atoms with Gasteiger partial charge in [0.15, 0.2) is 0 Å². The molecule has 0 spiro atoms. The second-order valence-corrected chi connectivity index (χ2v) is 5.13. The van der Waals surface area contributed by atoms with E-state index in [-0.39, 0.29) is 5.82 Å². The third-order valence-electron chi connectivity index (χ3n) is 3.69. The van der Waals surface area contributed by atoms with Crippen molar-refractivity contribution in [3.05, 3.63) is 30.1 Å². The van der Waals surface area contributed by atoms with E-state index in [0.29, 0.717) is 12.1 Å². The van der Waals surface area contributed by atoms with Gasteiger partial charge >= 0.3 is 0 Å². The molecule has 0 bridgehead atoms. The molecule has 0 aliphatic carbocycles. The molecule has 2 atom stereocenters. The van der Waals surface area contributed by atoms with E-state index >= 15 is 0 Å². The van der Waals surface area contributed by atoms with Crippen LogP contribution in [-0.4, -0.2) is 50.7 Å². The molecule has 1 saturated heterocycles. The van der Waals surface area contributed by atoms with Gasteiger partial charge in [-0.1, -0.05) is 6.07 Å². The van der Waals surface area contributed by atoms with Crippen molar-refractivity contribution in [2.24, 2.45) is 0 Å². The summed E-state index contributed by atoms with van der Waals surface area (Å²) < 4.78 is 13.3. The molecule has 0 amide bonds. The van der Waals surface area contributed by atoms with Gasteiger partial charge < -0.3 is 10.2 Å². The summed E-state index contributed by atoms with van der Waals surface area (Å²) in [6, 6.07) is 7.76. The number of likely N-dealkylation sites (N-methyl/N-ethyl adjacent to an activating group) is 2. The number of anilines is 1. The maximum Gasteiger partial charge on any atom is 0.125 e. The molecule has 1 aromatic carbocycles. The fourth-order valence-electron chi connectivity index (χ4n) is 2.68. The van der Waals surface area contributed by atoms with Gasteiger partial charge in [-0.25, -0.2) is 4.39 Å². The van der Waals surface area contributed by atoms with Gasteiger partial charge in [0.25, 0.3) is 0 Å². The average molecular weight is 251 g/mol. The predicted octanol–water partition coefficient (Wildman–Crippen LogP) is 1.55. The molecule has 2 rings (SSSR count). The lowest BCUT2D eigenvalue weighted by Gasteiger charge is -2.45. The van der Waals surface area contributed by atoms with Crippen LogP contribution < -0.4 is 10.2 Å². The first kappa shape index (κ1) is 13.3. The van der Waals surface area contributed by atoms with E-state index in [4.69, 9.17) is 0 Å². The minimum absolute atomic E-state index is 0.163. The lowest BCUT2D eigenvalue weighted by molar-refractivity contribution is 0.190. The van der Waals surface area contributed by atoms with Crippen molar-refractivity contribution in [3.8, 4) is 0 Å². The van der Waals surface area contributed by atoms with E-state index in [9.17, 15) is 4.39 Å². The van der Waals surface area contributed by atoms with Crippen LogP contribution in [0.1, 0.15) is 6.92 Å². The number of nitrogens with zero attached hydrogens (tertiary/aromatic N) is 2. The normalized spacial score (nSPS) is 25.4. The van der Waals surface area contributed by atoms with Gasteiger partial charge in [-0.15, -0.1) is 0 Å². The van der Waals surface area contributed by atoms with Crippen molar-refractivity contribution >= 4 is 5.69 Å². The summed E-state index contributed by atoms with van der Waals surface area (Å²) in [4.78, 5) is 4.67. The van der Waals surface area contributed by atoms with Crippen molar-refractivity contribution in [2.45, 2.75) is 19.0 Å². The highest BCUT2D eigenvalue weighted by Gasteiger charge is 2.29. The van der Waals surface area contributed by atoms with Crippen LogP contribution in [0.15, 0.2) is 24.3 Å². The van der Waals surface area contributed by atoms with Crippen LogP contribution in [0.4, 0.5) is 10.1 Å². The molecule has 4 heteroatoms. The first-order chi connectivity index (χ1) is 8.61. The van der Waals surface area contributed by atoms with E-state index in [1.807, 2.05) is 13.1 Å². The van der Waals surface area contributed by atoms with Crippen molar-refractivity contribution in [1.82, 2.24) is 10.2 Å². The summed E-state index contributed by atoms with van der Waals surface area (Å²) in [5, 5.41) is 3.22. The van der Waals surface area contributed by atoms with Crippen LogP contribution in [-0.2, 0) is 0 Å². The molecule has 0 aromatic heterocycles. The number of piperazine rings is 1. The summed E-state index contributed by atoms with van der Waals surface area (Å²) in [6.07, 6.45) is 0. The van der Waals surface area contributed by atoms with Crippen LogP contribution >= 0.6 is 0 Å². The molecule has 100 valence electrons. The Morgan fingerprint density at radius 2 is 2.17 bits per heavy atom. The minimum atomic E-state index is -0.163. The Kier molecular flexibility index (Phi) is 4.19. The maximum atomic E-state index is 13.3. The SMILES string of the molecule is CNCC1CN(c2cccc(F)c2)C(C)CN1C. The molecule has 1 heterocycles. The zero-order chi connectivity index (χ0) is 13.1. The zero-order valence-corrected chi connectivity index (χ0v) is 11.4. The lowest BCUT2D eigenvalue weighted by Crippen LogP contribution is -2.58. The van der Waals surface area contributed by atoms with Crippen LogP contribution in [0.2, 0.25) is 0 Å². The van der Waals surface area contributed by atoms with Crippen LogP contribution in [0.5, 0.6) is 0 Å². The highest BCUT2D eigenvalue weighted by Crippen LogP contribution is 2.23. The highest BCUT2D eigenvalue weighted by molar-refractivity contribution is 5.48. The first-order valence-electron chi connectivity index (χ1n) is 6.49. The Bertz CT molecular complexity index is 396. The van der Waals surface area contributed by atoms with E-state index in [2.05, 4.69) is 29.1 Å². The lowest BCUT2D eigenvalue weighted by atomic mass is 10.1. The molecule has 1 aliphatic heterocycles. The van der Waals surface area contributed by atoms with Gasteiger partial charge in [-0.3, -0.25) is 4.90 Å². The van der Waals surface area contributed by atoms with Crippen LogP contribution in [0.3, 0.4) is 0 Å². The number of hydrogen-bond acceptors (Lipinski definition) is 3. The van der Waals surface area contributed by atoms with E-state index < -0.39 is 0 Å². The third-order valence-corrected chi connectivity index (χ3v) is 3.69. The molecule has 1 aliphatic rings. The number of benzene rings is 1. The van der Waals surface area contributed by atoms with Gasteiger partial charge in [-0.2, -0.15) is 0 Å². The van der Waals surface area contributed by atoms with Gasteiger partial charge in [0.05, 0.1) is 0 Å². The molecule has 1 N–H and O–H groups in total. The van der Waals surface area contributed by atoms with E-state index in [0.717, 1.165) is 25.3 Å². The predicted molar refractivity (Wildman–Crippen MR) is 73.6 cm³/mol. The second kappa shape index (κ2) is 5.67. The van der Waals surface area contributed by atoms with Crippen molar-refractivity contribution in [2.75, 3.05) is 38.6 Å². The van der Waals surface area contributed by atoms with Crippen molar-refractivity contribution in [3.63, 3.8) is 0 Å². The molecule has 18 heavy (non-hydrogen) atoms. The Hall–Kier alpha value is -1.13. The van der Waals surface area contributed by atoms with Crippen LogP contribution in [0, 0.1) is 5.82 Å². The smallest absolute Gasteiger partial charge is 0.125 e.